The summed E-state index contributed by atoms with van der Waals surface area (Å²) in [5, 5.41) is 23.2. The second-order valence-corrected chi connectivity index (χ2v) is 4.94. The van der Waals surface area contributed by atoms with E-state index in [0.717, 1.165) is 5.56 Å². The van der Waals surface area contributed by atoms with Gasteiger partial charge < -0.3 is 14.8 Å². The zero-order valence-electron chi connectivity index (χ0n) is 10.5. The summed E-state index contributed by atoms with van der Waals surface area (Å²) in [5.41, 5.74) is 0.891. The Balaban J connectivity index is 1.85. The average Bonchev–Trinajstić information content (AvgIpc) is 3.06. The minimum absolute atomic E-state index is 0.0748. The van der Waals surface area contributed by atoms with E-state index in [1.165, 1.54) is 0 Å². The number of nitrogens with one attached hydrogen (secondary N) is 1. The van der Waals surface area contributed by atoms with Gasteiger partial charge in [0.2, 0.25) is 17.7 Å². The van der Waals surface area contributed by atoms with Crippen LogP contribution in [0.1, 0.15) is 19.2 Å². The first-order valence-electron chi connectivity index (χ1n) is 5.94. The highest BCUT2D eigenvalue weighted by molar-refractivity contribution is 7.08. The molecule has 2 N–H and O–H groups in total. The molecule has 0 aliphatic heterocycles. The van der Waals surface area contributed by atoms with Crippen molar-refractivity contribution in [2.24, 2.45) is 0 Å². The maximum Gasteiger partial charge on any atom is 0.248 e. The van der Waals surface area contributed by atoms with Gasteiger partial charge in [-0.1, -0.05) is 0 Å². The molecule has 2 aromatic rings. The highest BCUT2D eigenvalue weighted by Gasteiger charge is 2.11. The van der Waals surface area contributed by atoms with Gasteiger partial charge in [0.15, 0.2) is 0 Å². The Labute approximate surface area is 114 Å². The third-order valence-electron chi connectivity index (χ3n) is 2.48. The Morgan fingerprint density at radius 1 is 1.58 bits per heavy atom. The van der Waals surface area contributed by atoms with Crippen molar-refractivity contribution in [3.63, 3.8) is 0 Å². The van der Waals surface area contributed by atoms with Crippen LogP contribution >= 0.6 is 11.3 Å². The molecule has 1 amide bonds. The van der Waals surface area contributed by atoms with Crippen LogP contribution in [-0.2, 0) is 11.2 Å². The summed E-state index contributed by atoms with van der Waals surface area (Å²) in [6, 6.07) is 1.66. The summed E-state index contributed by atoms with van der Waals surface area (Å²) in [7, 11) is 0. The van der Waals surface area contributed by atoms with Crippen LogP contribution in [0.2, 0.25) is 0 Å². The second-order valence-electron chi connectivity index (χ2n) is 4.16. The van der Waals surface area contributed by atoms with Crippen LogP contribution in [0.25, 0.3) is 11.5 Å². The molecule has 102 valence electrons. The quantitative estimate of drug-likeness (QED) is 0.831. The van der Waals surface area contributed by atoms with Gasteiger partial charge >= 0.3 is 0 Å². The molecule has 19 heavy (non-hydrogen) atoms. The molecule has 0 aliphatic carbocycles. The van der Waals surface area contributed by atoms with Gasteiger partial charge in [0.1, 0.15) is 0 Å². The number of nitrogens with zero attached hydrogens (tertiary/aromatic N) is 2. The van der Waals surface area contributed by atoms with Crippen molar-refractivity contribution in [3.05, 3.63) is 22.7 Å². The Bertz CT molecular complexity index is 524. The molecule has 0 fully saturated rings. The number of carbonyl (C=O) groups excluding carboxylic acids is 1. The minimum Gasteiger partial charge on any atom is -0.421 e. The first kappa shape index (κ1) is 13.7. The standard InChI is InChI=1S/C12H15N3O3S/c1-8(6-16)13-10(17)2-3-11-14-15-12(18-11)9-4-5-19-7-9/h4-5,7-8,16H,2-3,6H2,1H3,(H,13,17). The summed E-state index contributed by atoms with van der Waals surface area (Å²) in [6.45, 7) is 1.66. The van der Waals surface area contributed by atoms with Crippen LogP contribution in [0.15, 0.2) is 21.2 Å². The summed E-state index contributed by atoms with van der Waals surface area (Å²) in [4.78, 5) is 11.5. The van der Waals surface area contributed by atoms with E-state index in [2.05, 4.69) is 15.5 Å². The van der Waals surface area contributed by atoms with E-state index < -0.39 is 0 Å². The Morgan fingerprint density at radius 3 is 3.11 bits per heavy atom. The van der Waals surface area contributed by atoms with E-state index >= 15 is 0 Å². The van der Waals surface area contributed by atoms with Gasteiger partial charge in [-0.3, -0.25) is 4.79 Å². The first-order chi connectivity index (χ1) is 9.19. The fourth-order valence-corrected chi connectivity index (χ4v) is 2.10. The molecule has 0 aliphatic rings. The molecule has 0 saturated carbocycles. The number of aliphatic hydroxyl groups excluding tert-OH is 1. The molecule has 0 saturated heterocycles. The maximum absolute atomic E-state index is 11.5. The number of hydrogen-bond donors (Lipinski definition) is 2. The van der Waals surface area contributed by atoms with Gasteiger partial charge in [0, 0.05) is 29.8 Å². The number of aromatic nitrogens is 2. The largest absolute Gasteiger partial charge is 0.421 e. The molecule has 2 aromatic heterocycles. The highest BCUT2D eigenvalue weighted by atomic mass is 32.1. The Morgan fingerprint density at radius 2 is 2.42 bits per heavy atom. The monoisotopic (exact) mass is 281 g/mol. The van der Waals surface area contributed by atoms with E-state index in [0.29, 0.717) is 18.2 Å². The predicted octanol–water partition coefficient (Wildman–Crippen LogP) is 1.23. The van der Waals surface area contributed by atoms with Crippen molar-refractivity contribution in [1.29, 1.82) is 0 Å². The number of amides is 1. The van der Waals surface area contributed by atoms with Crippen molar-refractivity contribution < 1.29 is 14.3 Å². The van der Waals surface area contributed by atoms with Gasteiger partial charge in [-0.2, -0.15) is 11.3 Å². The zero-order valence-corrected chi connectivity index (χ0v) is 11.3. The lowest BCUT2D eigenvalue weighted by Crippen LogP contribution is -2.35. The Hall–Kier alpha value is -1.73. The van der Waals surface area contributed by atoms with E-state index in [4.69, 9.17) is 9.52 Å². The minimum atomic E-state index is -0.239. The maximum atomic E-state index is 11.5. The molecular weight excluding hydrogens is 266 g/mol. The van der Waals surface area contributed by atoms with Crippen molar-refractivity contribution in [2.75, 3.05) is 6.61 Å². The van der Waals surface area contributed by atoms with Crippen LogP contribution in [0.3, 0.4) is 0 Å². The molecule has 2 rings (SSSR count). The van der Waals surface area contributed by atoms with Gasteiger partial charge in [-0.25, -0.2) is 0 Å². The van der Waals surface area contributed by atoms with Crippen molar-refractivity contribution in [2.45, 2.75) is 25.8 Å². The predicted molar refractivity (Wildman–Crippen MR) is 70.6 cm³/mol. The number of thiophene rings is 1. The molecule has 0 bridgehead atoms. The van der Waals surface area contributed by atoms with E-state index in [9.17, 15) is 4.79 Å². The van der Waals surface area contributed by atoms with Crippen molar-refractivity contribution in [1.82, 2.24) is 15.5 Å². The third kappa shape index (κ3) is 3.87. The number of aryl methyl sites for hydroxylation is 1. The van der Waals surface area contributed by atoms with E-state index in [-0.39, 0.29) is 25.0 Å². The fourth-order valence-electron chi connectivity index (χ4n) is 1.47. The lowest BCUT2D eigenvalue weighted by atomic mass is 10.2. The topological polar surface area (TPSA) is 88.2 Å². The smallest absolute Gasteiger partial charge is 0.248 e. The van der Waals surface area contributed by atoms with Crippen LogP contribution < -0.4 is 5.32 Å². The second kappa shape index (κ2) is 6.44. The summed E-state index contributed by atoms with van der Waals surface area (Å²) in [6.07, 6.45) is 0.650. The summed E-state index contributed by atoms with van der Waals surface area (Å²) in [5.74, 6) is 0.769. The lowest BCUT2D eigenvalue weighted by Gasteiger charge is -2.09. The van der Waals surface area contributed by atoms with Crippen LogP contribution in [0.4, 0.5) is 0 Å². The molecule has 2 heterocycles. The highest BCUT2D eigenvalue weighted by Crippen LogP contribution is 2.20. The van der Waals surface area contributed by atoms with Crippen molar-refractivity contribution in [3.8, 4) is 11.5 Å². The van der Waals surface area contributed by atoms with E-state index in [1.54, 1.807) is 18.3 Å². The fraction of sp³-hybridized carbons (Fsp3) is 0.417. The lowest BCUT2D eigenvalue weighted by molar-refractivity contribution is -0.122. The average molecular weight is 281 g/mol. The van der Waals surface area contributed by atoms with Gasteiger partial charge in [0.05, 0.1) is 6.61 Å². The summed E-state index contributed by atoms with van der Waals surface area (Å²) >= 11 is 1.56. The number of aliphatic hydroxyl groups is 1. The molecule has 0 spiro atoms. The number of carbonyl (C=O) groups is 1. The van der Waals surface area contributed by atoms with Gasteiger partial charge in [0.25, 0.3) is 0 Å². The Kier molecular flexibility index (Phi) is 4.64. The SMILES string of the molecule is CC(CO)NC(=O)CCc1nnc(-c2ccsc2)o1. The zero-order chi connectivity index (χ0) is 13.7. The van der Waals surface area contributed by atoms with Gasteiger partial charge in [-0.05, 0) is 18.4 Å². The molecule has 0 radical (unpaired) electrons. The molecule has 1 atom stereocenters. The molecule has 1 unspecified atom stereocenters. The van der Waals surface area contributed by atoms with Crippen LogP contribution in [0.5, 0.6) is 0 Å². The summed E-state index contributed by atoms with van der Waals surface area (Å²) < 4.78 is 5.46. The molecule has 6 nitrogen and oxygen atoms in total. The number of rotatable bonds is 6. The molecule has 7 heteroatoms. The van der Waals surface area contributed by atoms with Crippen LogP contribution in [0, 0.1) is 0 Å². The first-order valence-corrected chi connectivity index (χ1v) is 6.88. The third-order valence-corrected chi connectivity index (χ3v) is 3.17. The molecule has 0 aromatic carbocycles. The van der Waals surface area contributed by atoms with Crippen molar-refractivity contribution >= 4 is 17.2 Å². The normalized spacial score (nSPS) is 12.3. The van der Waals surface area contributed by atoms with E-state index in [1.807, 2.05) is 16.8 Å². The number of hydrogen-bond acceptors (Lipinski definition) is 6. The van der Waals surface area contributed by atoms with Crippen LogP contribution in [-0.4, -0.2) is 33.9 Å². The molecular formula is C12H15N3O3S. The van der Waals surface area contributed by atoms with Gasteiger partial charge in [-0.15, -0.1) is 10.2 Å².